The molecule has 4 unspecified atom stereocenters. The van der Waals surface area contributed by atoms with Crippen molar-refractivity contribution in [1.82, 2.24) is 0 Å². The second kappa shape index (κ2) is 13.6. The molecule has 0 aromatic heterocycles. The summed E-state index contributed by atoms with van der Waals surface area (Å²) in [6.07, 6.45) is 1.36. The van der Waals surface area contributed by atoms with Crippen molar-refractivity contribution < 1.29 is 0 Å². The monoisotopic (exact) mass is 788 g/mol. The van der Waals surface area contributed by atoms with Crippen molar-refractivity contribution in [2.45, 2.75) is 70.6 Å². The van der Waals surface area contributed by atoms with Crippen molar-refractivity contribution in [2.75, 3.05) is 19.6 Å². The molecule has 4 atom stereocenters. The fourth-order valence-corrected chi connectivity index (χ4v) is 9.96. The Morgan fingerprint density at radius 1 is 0.383 bits per heavy atom. The van der Waals surface area contributed by atoms with Gasteiger partial charge in [0, 0.05) is 24.2 Å². The molecule has 4 aromatic carbocycles. The van der Waals surface area contributed by atoms with Crippen molar-refractivity contribution in [3.05, 3.63) is 113 Å². The van der Waals surface area contributed by atoms with Crippen molar-refractivity contribution in [3.8, 4) is 0 Å². The molecule has 2 heterocycles. The highest BCUT2D eigenvalue weighted by Crippen LogP contribution is 2.58. The lowest BCUT2D eigenvalue weighted by atomic mass is 9.90. The summed E-state index contributed by atoms with van der Waals surface area (Å²) in [5.41, 5.74) is 2.47. The standard InChI is InChI=1S/C35H32Cl8N4/c1-19-17-20(2)45(32-25(38)11-6-12-26(32)39)35(44(19)31-23(36)9-5-10-24(31)37)46(33-27(40)13-7-14-28(33)41)21(3)18-22(4)47(35)34-29(42)15-8-16-30(34)43/h5-16,19-22H,17-18H2,1-4H3. The number of hydrogen-bond acceptors (Lipinski definition) is 4. The van der Waals surface area contributed by atoms with Crippen LogP contribution in [0.5, 0.6) is 0 Å². The summed E-state index contributed by atoms with van der Waals surface area (Å²) in [5, 5.41) is 3.70. The first kappa shape index (κ1) is 35.2. The predicted octanol–water partition coefficient (Wildman–Crippen LogP) is 13.2. The summed E-state index contributed by atoms with van der Waals surface area (Å²) in [5.74, 6) is -1.39. The average Bonchev–Trinajstić information content (AvgIpc) is 2.98. The largest absolute Gasteiger partial charge is 0.308 e. The van der Waals surface area contributed by atoms with Crippen LogP contribution in [-0.2, 0) is 0 Å². The fraction of sp³-hybridized carbons (Fsp3) is 0.314. The van der Waals surface area contributed by atoms with E-state index in [1.54, 1.807) is 0 Å². The van der Waals surface area contributed by atoms with E-state index in [1.165, 1.54) is 0 Å². The van der Waals surface area contributed by atoms with Crippen LogP contribution in [0.3, 0.4) is 0 Å². The van der Waals surface area contributed by atoms with Crippen LogP contribution in [-0.4, -0.2) is 30.1 Å². The topological polar surface area (TPSA) is 13.0 Å². The van der Waals surface area contributed by atoms with Gasteiger partial charge in [0.25, 0.3) is 5.91 Å². The molecule has 1 spiro atoms. The average molecular weight is 792 g/mol. The molecule has 2 aliphatic rings. The zero-order valence-electron chi connectivity index (χ0n) is 26.0. The Morgan fingerprint density at radius 2 is 0.553 bits per heavy atom. The summed E-state index contributed by atoms with van der Waals surface area (Å²) < 4.78 is 0. The summed E-state index contributed by atoms with van der Waals surface area (Å²) >= 11 is 57.4. The van der Waals surface area contributed by atoms with Crippen molar-refractivity contribution in [1.29, 1.82) is 0 Å². The lowest BCUT2D eigenvalue weighted by molar-refractivity contribution is 0.177. The van der Waals surface area contributed by atoms with E-state index >= 15 is 0 Å². The second-order valence-electron chi connectivity index (χ2n) is 12.2. The van der Waals surface area contributed by atoms with Crippen LogP contribution in [0.25, 0.3) is 0 Å². The van der Waals surface area contributed by atoms with Crippen LogP contribution in [0.4, 0.5) is 22.7 Å². The highest BCUT2D eigenvalue weighted by atomic mass is 35.5. The van der Waals surface area contributed by atoms with Crippen LogP contribution in [0.1, 0.15) is 40.5 Å². The minimum Gasteiger partial charge on any atom is -0.308 e. The molecule has 0 N–H and O–H groups in total. The molecule has 248 valence electrons. The van der Waals surface area contributed by atoms with Crippen molar-refractivity contribution in [2.24, 2.45) is 0 Å². The predicted molar refractivity (Wildman–Crippen MR) is 206 cm³/mol. The van der Waals surface area contributed by atoms with Gasteiger partial charge in [0.1, 0.15) is 0 Å². The Balaban J connectivity index is 1.90. The Bertz CT molecular complexity index is 1480. The Kier molecular flexibility index (Phi) is 10.2. The minimum atomic E-state index is -1.39. The first-order valence-electron chi connectivity index (χ1n) is 15.3. The number of rotatable bonds is 4. The zero-order valence-corrected chi connectivity index (χ0v) is 32.0. The van der Waals surface area contributed by atoms with Crippen LogP contribution >= 0.6 is 92.8 Å². The molecule has 2 fully saturated rings. The molecule has 2 aliphatic heterocycles. The Morgan fingerprint density at radius 3 is 0.723 bits per heavy atom. The second-order valence-corrected chi connectivity index (χ2v) is 15.5. The molecule has 0 amide bonds. The van der Waals surface area contributed by atoms with E-state index in [1.807, 2.05) is 72.8 Å². The molecule has 47 heavy (non-hydrogen) atoms. The van der Waals surface area contributed by atoms with Gasteiger partial charge in [-0.15, -0.1) is 0 Å². The quantitative estimate of drug-likeness (QED) is 0.204. The number of para-hydroxylation sites is 4. The van der Waals surface area contributed by atoms with E-state index in [0.717, 1.165) is 0 Å². The van der Waals surface area contributed by atoms with E-state index < -0.39 is 5.91 Å². The maximum absolute atomic E-state index is 7.17. The molecule has 0 bridgehead atoms. The van der Waals surface area contributed by atoms with E-state index in [2.05, 4.69) is 47.3 Å². The van der Waals surface area contributed by atoms with Gasteiger partial charge in [0.05, 0.1) is 62.9 Å². The summed E-state index contributed by atoms with van der Waals surface area (Å²) in [4.78, 5) is 8.96. The third-order valence-electron chi connectivity index (χ3n) is 9.13. The third-order valence-corrected chi connectivity index (χ3v) is 11.6. The summed E-state index contributed by atoms with van der Waals surface area (Å²) in [6, 6.07) is 21.4. The first-order chi connectivity index (χ1) is 22.3. The van der Waals surface area contributed by atoms with E-state index in [4.69, 9.17) is 92.8 Å². The van der Waals surface area contributed by atoms with Gasteiger partial charge in [0.2, 0.25) is 0 Å². The molecule has 0 aliphatic carbocycles. The van der Waals surface area contributed by atoms with Gasteiger partial charge in [-0.3, -0.25) is 0 Å². The van der Waals surface area contributed by atoms with E-state index in [0.29, 0.717) is 75.8 Å². The Hall–Kier alpha value is -1.60. The van der Waals surface area contributed by atoms with E-state index in [9.17, 15) is 0 Å². The molecule has 2 saturated heterocycles. The number of nitrogens with zero attached hydrogens (tertiary/aromatic N) is 4. The maximum atomic E-state index is 7.17. The molecular formula is C35H32Cl8N4. The summed E-state index contributed by atoms with van der Waals surface area (Å²) in [6.45, 7) is 8.64. The van der Waals surface area contributed by atoms with Crippen LogP contribution < -0.4 is 19.6 Å². The van der Waals surface area contributed by atoms with Crippen LogP contribution in [0.2, 0.25) is 40.2 Å². The first-order valence-corrected chi connectivity index (χ1v) is 18.3. The molecule has 0 radical (unpaired) electrons. The lowest BCUT2D eigenvalue weighted by Crippen LogP contribution is -2.88. The molecule has 6 rings (SSSR count). The smallest absolute Gasteiger partial charge is 0.279 e. The fourth-order valence-electron chi connectivity index (χ4n) is 7.65. The number of benzene rings is 4. The highest BCUT2D eigenvalue weighted by Gasteiger charge is 2.65. The van der Waals surface area contributed by atoms with Gasteiger partial charge in [-0.1, -0.05) is 117 Å². The van der Waals surface area contributed by atoms with E-state index in [-0.39, 0.29) is 24.2 Å². The Labute approximate surface area is 316 Å². The minimum absolute atomic E-state index is 0.162. The number of hydrogen-bond donors (Lipinski definition) is 0. The number of halogens is 8. The summed E-state index contributed by atoms with van der Waals surface area (Å²) in [7, 11) is 0. The molecule has 12 heteroatoms. The third kappa shape index (κ3) is 5.69. The highest BCUT2D eigenvalue weighted by molar-refractivity contribution is 6.42. The van der Waals surface area contributed by atoms with Crippen molar-refractivity contribution >= 4 is 116 Å². The normalized spacial score (nSPS) is 24.8. The van der Waals surface area contributed by atoms with Crippen molar-refractivity contribution in [3.63, 3.8) is 0 Å². The molecule has 4 nitrogen and oxygen atoms in total. The van der Waals surface area contributed by atoms with Gasteiger partial charge in [0.15, 0.2) is 0 Å². The molecular weight excluding hydrogens is 760 g/mol. The van der Waals surface area contributed by atoms with Crippen LogP contribution in [0.15, 0.2) is 72.8 Å². The maximum Gasteiger partial charge on any atom is 0.279 e. The van der Waals surface area contributed by atoms with Crippen LogP contribution in [0, 0.1) is 0 Å². The van der Waals surface area contributed by atoms with Gasteiger partial charge in [-0.05, 0) is 89.1 Å². The van der Waals surface area contributed by atoms with Gasteiger partial charge in [-0.25, -0.2) is 0 Å². The number of anilines is 4. The van der Waals surface area contributed by atoms with Gasteiger partial charge >= 0.3 is 0 Å². The van der Waals surface area contributed by atoms with Gasteiger partial charge in [-0.2, -0.15) is 0 Å². The molecule has 0 saturated carbocycles. The van der Waals surface area contributed by atoms with Gasteiger partial charge < -0.3 is 19.6 Å². The zero-order chi connectivity index (χ0) is 33.9. The SMILES string of the molecule is CC1CC(C)N(c2c(Cl)cccc2Cl)C2(N1c1c(Cl)cccc1Cl)N(c1c(Cl)cccc1Cl)C(C)CC(C)N2c1c(Cl)cccc1Cl. The molecule has 4 aromatic rings. The lowest BCUT2D eigenvalue weighted by Gasteiger charge is -2.72.